The molecule has 7 heteroatoms. The lowest BCUT2D eigenvalue weighted by Crippen LogP contribution is -2.30. The quantitative estimate of drug-likeness (QED) is 0.702. The summed E-state index contributed by atoms with van der Waals surface area (Å²) in [6, 6.07) is 5.39. The predicted molar refractivity (Wildman–Crippen MR) is 127 cm³/mol. The van der Waals surface area contributed by atoms with Gasteiger partial charge in [-0.05, 0) is 49.6 Å². The van der Waals surface area contributed by atoms with Gasteiger partial charge in [-0.1, -0.05) is 38.6 Å². The molecule has 1 aliphatic rings. The highest BCUT2D eigenvalue weighted by molar-refractivity contribution is 5.96. The van der Waals surface area contributed by atoms with Gasteiger partial charge in [0.05, 0.1) is 24.1 Å². The van der Waals surface area contributed by atoms with Crippen molar-refractivity contribution in [3.63, 3.8) is 0 Å². The molecule has 1 aromatic carbocycles. The maximum absolute atomic E-state index is 13.4. The van der Waals surface area contributed by atoms with E-state index in [-0.39, 0.29) is 12.3 Å². The molecule has 0 bridgehead atoms. The molecule has 0 spiro atoms. The van der Waals surface area contributed by atoms with E-state index >= 15 is 0 Å². The van der Waals surface area contributed by atoms with Gasteiger partial charge in [0, 0.05) is 24.6 Å². The van der Waals surface area contributed by atoms with Crippen LogP contribution in [0.3, 0.4) is 0 Å². The maximum Gasteiger partial charge on any atom is 0.303 e. The number of rotatable bonds is 5. The molecule has 2 aromatic rings. The van der Waals surface area contributed by atoms with E-state index < -0.39 is 5.97 Å². The molecule has 2 heterocycles. The average Bonchev–Trinajstić information content (AvgIpc) is 3.05. The van der Waals surface area contributed by atoms with Crippen LogP contribution in [0.4, 0.5) is 5.82 Å². The Kier molecular flexibility index (Phi) is 8.58. The van der Waals surface area contributed by atoms with Gasteiger partial charge in [-0.2, -0.15) is 5.10 Å². The topological polar surface area (TPSA) is 87.5 Å². The number of anilines is 1. The van der Waals surface area contributed by atoms with Crippen molar-refractivity contribution in [2.45, 2.75) is 47.1 Å². The molecule has 0 saturated heterocycles. The number of amides is 1. The Hall–Kier alpha value is -3.61. The third kappa shape index (κ3) is 5.55. The van der Waals surface area contributed by atoms with Gasteiger partial charge in [-0.15, -0.1) is 0 Å². The van der Waals surface area contributed by atoms with Crippen LogP contribution in [0.1, 0.15) is 54.2 Å². The number of carboxylic acids is 1. The zero-order valence-corrected chi connectivity index (χ0v) is 19.5. The van der Waals surface area contributed by atoms with Crippen LogP contribution >= 0.6 is 0 Å². The first-order valence-electron chi connectivity index (χ1n) is 10.7. The monoisotopic (exact) mass is 436 g/mol. The molecular weight excluding hydrogens is 404 g/mol. The second kappa shape index (κ2) is 11.1. The largest absolute Gasteiger partial charge is 0.481 e. The van der Waals surface area contributed by atoms with Gasteiger partial charge in [-0.3, -0.25) is 14.3 Å². The SMILES string of the molecule is C=C1/C(=C\C=C/C)Nc2c(cnn2C)CN1C(=O)c1ccc(CCC(=O)O)c(C)c1.CC. The van der Waals surface area contributed by atoms with E-state index in [4.69, 9.17) is 5.11 Å². The Morgan fingerprint density at radius 3 is 2.66 bits per heavy atom. The minimum atomic E-state index is -0.837. The summed E-state index contributed by atoms with van der Waals surface area (Å²) in [7, 11) is 1.85. The highest BCUT2D eigenvalue weighted by Crippen LogP contribution is 2.30. The number of carboxylic acid groups (broad SMARTS) is 1. The molecule has 0 unspecified atom stereocenters. The molecule has 0 radical (unpaired) electrons. The lowest BCUT2D eigenvalue weighted by atomic mass is 10.0. The van der Waals surface area contributed by atoms with Crippen molar-refractivity contribution in [2.75, 3.05) is 5.32 Å². The Balaban J connectivity index is 0.00000176. The maximum atomic E-state index is 13.4. The zero-order valence-electron chi connectivity index (χ0n) is 19.5. The fourth-order valence-electron chi connectivity index (χ4n) is 3.40. The van der Waals surface area contributed by atoms with E-state index in [1.807, 2.05) is 65.1 Å². The lowest BCUT2D eigenvalue weighted by Gasteiger charge is -2.24. The van der Waals surface area contributed by atoms with Crippen molar-refractivity contribution in [3.05, 3.63) is 82.9 Å². The van der Waals surface area contributed by atoms with Crippen molar-refractivity contribution in [1.29, 1.82) is 0 Å². The molecule has 170 valence electrons. The number of aromatic nitrogens is 2. The molecule has 1 amide bonds. The third-order valence-electron chi connectivity index (χ3n) is 5.13. The van der Waals surface area contributed by atoms with Crippen molar-refractivity contribution in [3.8, 4) is 0 Å². The molecular formula is C25H32N4O3. The van der Waals surface area contributed by atoms with Crippen LogP contribution in [0.15, 0.2) is 60.6 Å². The summed E-state index contributed by atoms with van der Waals surface area (Å²) < 4.78 is 1.74. The summed E-state index contributed by atoms with van der Waals surface area (Å²) >= 11 is 0. The molecule has 3 rings (SSSR count). The smallest absolute Gasteiger partial charge is 0.303 e. The second-order valence-electron chi connectivity index (χ2n) is 7.25. The summed E-state index contributed by atoms with van der Waals surface area (Å²) in [5.74, 6) is -0.184. The van der Waals surface area contributed by atoms with Crippen LogP contribution in [0.25, 0.3) is 0 Å². The van der Waals surface area contributed by atoms with Crippen LogP contribution in [-0.4, -0.2) is 31.7 Å². The Bertz CT molecular complexity index is 1060. The van der Waals surface area contributed by atoms with Crippen LogP contribution in [-0.2, 0) is 24.8 Å². The van der Waals surface area contributed by atoms with Crippen molar-refractivity contribution < 1.29 is 14.7 Å². The van der Waals surface area contributed by atoms with Crippen LogP contribution in [0.5, 0.6) is 0 Å². The van der Waals surface area contributed by atoms with Gasteiger partial charge in [0.15, 0.2) is 0 Å². The first-order valence-corrected chi connectivity index (χ1v) is 10.7. The molecule has 7 nitrogen and oxygen atoms in total. The molecule has 2 N–H and O–H groups in total. The van der Waals surface area contributed by atoms with Crippen molar-refractivity contribution in [1.82, 2.24) is 14.7 Å². The van der Waals surface area contributed by atoms with E-state index in [1.54, 1.807) is 21.8 Å². The molecule has 0 aliphatic carbocycles. The fourth-order valence-corrected chi connectivity index (χ4v) is 3.40. The summed E-state index contributed by atoms with van der Waals surface area (Å²) in [6.07, 6.45) is 7.91. The molecule has 0 atom stereocenters. The average molecular weight is 437 g/mol. The molecule has 0 fully saturated rings. The number of nitrogens with zero attached hydrogens (tertiary/aromatic N) is 3. The first kappa shape index (κ1) is 24.7. The summed E-state index contributed by atoms with van der Waals surface area (Å²) in [5.41, 5.74) is 4.54. The van der Waals surface area contributed by atoms with Crippen LogP contribution in [0, 0.1) is 6.92 Å². The van der Waals surface area contributed by atoms with Gasteiger partial charge in [0.25, 0.3) is 5.91 Å². The first-order chi connectivity index (χ1) is 15.3. The van der Waals surface area contributed by atoms with E-state index in [9.17, 15) is 9.59 Å². The lowest BCUT2D eigenvalue weighted by molar-refractivity contribution is -0.136. The Morgan fingerprint density at radius 2 is 2.03 bits per heavy atom. The minimum absolute atomic E-state index is 0.0611. The summed E-state index contributed by atoms with van der Waals surface area (Å²) in [4.78, 5) is 25.9. The van der Waals surface area contributed by atoms with Gasteiger partial charge in [0.2, 0.25) is 0 Å². The minimum Gasteiger partial charge on any atom is -0.481 e. The van der Waals surface area contributed by atoms with Crippen LogP contribution < -0.4 is 5.32 Å². The van der Waals surface area contributed by atoms with Gasteiger partial charge < -0.3 is 15.3 Å². The number of fused-ring (bicyclic) bond motifs is 1. The van der Waals surface area contributed by atoms with Crippen molar-refractivity contribution >= 4 is 17.7 Å². The highest BCUT2D eigenvalue weighted by atomic mass is 16.4. The summed E-state index contributed by atoms with van der Waals surface area (Å²) in [5, 5.41) is 16.5. The molecule has 32 heavy (non-hydrogen) atoms. The van der Waals surface area contributed by atoms with Crippen LogP contribution in [0.2, 0.25) is 0 Å². The number of hydrogen-bond acceptors (Lipinski definition) is 4. The van der Waals surface area contributed by atoms with Gasteiger partial charge in [0.1, 0.15) is 5.82 Å². The van der Waals surface area contributed by atoms with E-state index in [0.29, 0.717) is 24.2 Å². The number of carbonyl (C=O) groups is 2. The number of aryl methyl sites for hydroxylation is 3. The second-order valence-corrected chi connectivity index (χ2v) is 7.25. The third-order valence-corrected chi connectivity index (χ3v) is 5.13. The fraction of sp³-hybridized carbons (Fsp3) is 0.320. The van der Waals surface area contributed by atoms with Gasteiger partial charge >= 0.3 is 5.97 Å². The van der Waals surface area contributed by atoms with Crippen molar-refractivity contribution in [2.24, 2.45) is 7.05 Å². The standard InChI is InChI=1S/C23H26N4O3.C2H6/c1-5-6-7-20-16(3)27(14-19-13-24-26(4)22(19)25-20)23(30)18-9-8-17(15(2)12-18)10-11-21(28)29;1-2/h5-9,12-13,25H,3,10-11,14H2,1-2,4H3,(H,28,29);1-2H3/b6-5-,20-7+;. The van der Waals surface area contributed by atoms with E-state index in [2.05, 4.69) is 17.0 Å². The number of hydrogen-bond donors (Lipinski definition) is 2. The molecule has 0 saturated carbocycles. The van der Waals surface area contributed by atoms with Gasteiger partial charge in [-0.25, -0.2) is 0 Å². The zero-order chi connectivity index (χ0) is 23.8. The Labute approximate surface area is 189 Å². The molecule has 1 aliphatic heterocycles. The number of allylic oxidation sites excluding steroid dienone is 3. The number of benzene rings is 1. The number of aliphatic carboxylic acids is 1. The van der Waals surface area contributed by atoms with E-state index in [1.165, 1.54) is 0 Å². The number of nitrogens with one attached hydrogen (secondary N) is 1. The molecule has 1 aromatic heterocycles. The number of carbonyl (C=O) groups excluding carboxylic acids is 1. The predicted octanol–water partition coefficient (Wildman–Crippen LogP) is 4.81. The summed E-state index contributed by atoms with van der Waals surface area (Å²) in [6.45, 7) is 12.3. The Morgan fingerprint density at radius 1 is 1.31 bits per heavy atom. The van der Waals surface area contributed by atoms with E-state index in [0.717, 1.165) is 28.2 Å². The highest BCUT2D eigenvalue weighted by Gasteiger charge is 2.27. The normalized spacial score (nSPS) is 14.5.